The van der Waals surface area contributed by atoms with Crippen molar-refractivity contribution in [3.05, 3.63) is 17.8 Å². The molecule has 0 aliphatic rings. The number of hydrogen-bond acceptors (Lipinski definition) is 4. The zero-order valence-corrected chi connectivity index (χ0v) is 9.02. The molecule has 0 aromatic carbocycles. The third kappa shape index (κ3) is 2.44. The van der Waals surface area contributed by atoms with Crippen LogP contribution in [0.4, 0.5) is 0 Å². The van der Waals surface area contributed by atoms with E-state index in [1.54, 1.807) is 23.9 Å². The molecular formula is C10H14NO4+. The molecule has 0 amide bonds. The molecule has 0 aliphatic heterocycles. The van der Waals surface area contributed by atoms with E-state index >= 15 is 0 Å². The number of pyridine rings is 1. The molecule has 0 radical (unpaired) electrons. The maximum Gasteiger partial charge on any atom is 0.411 e. The third-order valence-corrected chi connectivity index (χ3v) is 1.90. The van der Waals surface area contributed by atoms with Crippen LogP contribution in [0, 0.1) is 0 Å². The summed E-state index contributed by atoms with van der Waals surface area (Å²) in [6.07, 6.45) is 2.44. The quantitative estimate of drug-likeness (QED) is 0.400. The lowest BCUT2D eigenvalue weighted by Crippen LogP contribution is -2.30. The molecule has 0 atom stereocenters. The molecule has 0 unspecified atom stereocenters. The lowest BCUT2D eigenvalue weighted by atomic mass is 10.2. The molecule has 1 rings (SSSR count). The summed E-state index contributed by atoms with van der Waals surface area (Å²) in [5.74, 6) is 0.871. The number of aromatic nitrogens is 1. The first-order valence-electron chi connectivity index (χ1n) is 4.38. The largest absolute Gasteiger partial charge is 0.457 e. The highest BCUT2D eigenvalue weighted by Crippen LogP contribution is 2.25. The van der Waals surface area contributed by atoms with Gasteiger partial charge in [-0.05, 0) is 0 Å². The number of nitrogens with zero attached hydrogens (tertiary/aromatic N) is 1. The molecule has 0 N–H and O–H groups in total. The van der Waals surface area contributed by atoms with Crippen LogP contribution in [0.5, 0.6) is 11.6 Å². The molecule has 0 saturated heterocycles. The van der Waals surface area contributed by atoms with Gasteiger partial charge in [-0.1, -0.05) is 0 Å². The van der Waals surface area contributed by atoms with Gasteiger partial charge in [0, 0.05) is 13.2 Å². The summed E-state index contributed by atoms with van der Waals surface area (Å²) in [5, 5.41) is 0. The summed E-state index contributed by atoms with van der Waals surface area (Å²) in [6.45, 7) is 0.0706. The molecule has 5 nitrogen and oxygen atoms in total. The Morgan fingerprint density at radius 1 is 1.47 bits per heavy atom. The Bertz CT molecular complexity index is 352. The number of aryl methyl sites for hydroxylation is 1. The van der Waals surface area contributed by atoms with E-state index in [1.807, 2.05) is 0 Å². The number of hydrogen-bond donors (Lipinski definition) is 0. The van der Waals surface area contributed by atoms with Gasteiger partial charge < -0.3 is 14.2 Å². The van der Waals surface area contributed by atoms with Gasteiger partial charge in [0.15, 0.2) is 19.3 Å². The van der Waals surface area contributed by atoms with Crippen molar-refractivity contribution in [2.75, 3.05) is 21.0 Å². The van der Waals surface area contributed by atoms with Gasteiger partial charge in [0.05, 0.1) is 12.7 Å². The summed E-state index contributed by atoms with van der Waals surface area (Å²) >= 11 is 0. The first kappa shape index (κ1) is 11.5. The number of carbonyl (C=O) groups is 1. The van der Waals surface area contributed by atoms with Gasteiger partial charge in [-0.15, -0.1) is 0 Å². The monoisotopic (exact) mass is 212 g/mol. The SMILES string of the molecule is COCOc1c(C=O)cc[n+](C)c1OC. The van der Waals surface area contributed by atoms with Crippen molar-refractivity contribution in [1.29, 1.82) is 0 Å². The minimum atomic E-state index is 0.0706. The van der Waals surface area contributed by atoms with E-state index in [0.717, 1.165) is 0 Å². The highest BCUT2D eigenvalue weighted by Gasteiger charge is 2.20. The second-order valence-electron chi connectivity index (χ2n) is 2.89. The first-order valence-corrected chi connectivity index (χ1v) is 4.38. The van der Waals surface area contributed by atoms with E-state index in [0.29, 0.717) is 23.5 Å². The van der Waals surface area contributed by atoms with Crippen molar-refractivity contribution in [2.45, 2.75) is 0 Å². The number of carbonyl (C=O) groups excluding carboxylic acids is 1. The molecule has 0 saturated carbocycles. The fourth-order valence-electron chi connectivity index (χ4n) is 1.21. The molecule has 82 valence electrons. The smallest absolute Gasteiger partial charge is 0.411 e. The molecular weight excluding hydrogens is 198 g/mol. The van der Waals surface area contributed by atoms with Crippen molar-refractivity contribution in [3.63, 3.8) is 0 Å². The van der Waals surface area contributed by atoms with Crippen molar-refractivity contribution >= 4 is 6.29 Å². The predicted octanol–water partition coefficient (Wildman–Crippen LogP) is 0.315. The van der Waals surface area contributed by atoms with Crippen molar-refractivity contribution in [1.82, 2.24) is 0 Å². The van der Waals surface area contributed by atoms with Crippen LogP contribution in [-0.2, 0) is 11.8 Å². The Hall–Kier alpha value is -1.62. The highest BCUT2D eigenvalue weighted by molar-refractivity contribution is 5.79. The Morgan fingerprint density at radius 2 is 2.20 bits per heavy atom. The van der Waals surface area contributed by atoms with Crippen LogP contribution in [-0.4, -0.2) is 27.3 Å². The Morgan fingerprint density at radius 3 is 2.73 bits per heavy atom. The van der Waals surface area contributed by atoms with Crippen LogP contribution in [0.2, 0.25) is 0 Å². The maximum atomic E-state index is 10.8. The zero-order valence-electron chi connectivity index (χ0n) is 9.02. The predicted molar refractivity (Wildman–Crippen MR) is 52.1 cm³/mol. The van der Waals surface area contributed by atoms with Gasteiger partial charge >= 0.3 is 5.88 Å². The minimum Gasteiger partial charge on any atom is -0.457 e. The molecule has 1 aromatic heterocycles. The summed E-state index contributed by atoms with van der Waals surface area (Å²) in [7, 11) is 4.83. The Balaban J connectivity index is 3.14. The van der Waals surface area contributed by atoms with Gasteiger partial charge in [0.2, 0.25) is 5.75 Å². The number of ether oxygens (including phenoxy) is 3. The fraction of sp³-hybridized carbons (Fsp3) is 0.400. The van der Waals surface area contributed by atoms with Crippen molar-refractivity contribution in [3.8, 4) is 11.6 Å². The summed E-state index contributed by atoms with van der Waals surface area (Å²) in [4.78, 5) is 10.8. The molecule has 5 heteroatoms. The van der Waals surface area contributed by atoms with Crippen LogP contribution < -0.4 is 14.0 Å². The second-order valence-corrected chi connectivity index (χ2v) is 2.89. The second kappa shape index (κ2) is 5.31. The van der Waals surface area contributed by atoms with Crippen LogP contribution in [0.1, 0.15) is 10.4 Å². The third-order valence-electron chi connectivity index (χ3n) is 1.90. The fourth-order valence-corrected chi connectivity index (χ4v) is 1.21. The van der Waals surface area contributed by atoms with Crippen LogP contribution in [0.3, 0.4) is 0 Å². The van der Waals surface area contributed by atoms with Crippen LogP contribution in [0.15, 0.2) is 12.3 Å². The van der Waals surface area contributed by atoms with Gasteiger partial charge in [-0.3, -0.25) is 4.79 Å². The van der Waals surface area contributed by atoms with Gasteiger partial charge in [-0.25, -0.2) is 0 Å². The van der Waals surface area contributed by atoms with E-state index in [1.165, 1.54) is 14.2 Å². The van der Waals surface area contributed by atoms with Crippen LogP contribution in [0.25, 0.3) is 0 Å². The maximum absolute atomic E-state index is 10.8. The lowest BCUT2D eigenvalue weighted by molar-refractivity contribution is -0.677. The van der Waals surface area contributed by atoms with Crippen molar-refractivity contribution in [2.24, 2.45) is 7.05 Å². The van der Waals surface area contributed by atoms with E-state index < -0.39 is 0 Å². The van der Waals surface area contributed by atoms with Crippen molar-refractivity contribution < 1.29 is 23.6 Å². The van der Waals surface area contributed by atoms with Gasteiger partial charge in [0.25, 0.3) is 0 Å². The summed E-state index contributed by atoms with van der Waals surface area (Å²) < 4.78 is 16.9. The minimum absolute atomic E-state index is 0.0706. The molecule has 0 fully saturated rings. The molecule has 0 aliphatic carbocycles. The van der Waals surface area contributed by atoms with Gasteiger partial charge in [-0.2, -0.15) is 4.57 Å². The van der Waals surface area contributed by atoms with E-state index in [9.17, 15) is 4.79 Å². The number of rotatable bonds is 5. The zero-order chi connectivity index (χ0) is 11.3. The highest BCUT2D eigenvalue weighted by atomic mass is 16.7. The average molecular weight is 212 g/mol. The molecule has 0 bridgehead atoms. The van der Waals surface area contributed by atoms with E-state index in [4.69, 9.17) is 14.2 Å². The topological polar surface area (TPSA) is 48.6 Å². The van der Waals surface area contributed by atoms with E-state index in [-0.39, 0.29) is 6.79 Å². The number of aldehydes is 1. The Labute approximate surface area is 88.2 Å². The van der Waals surface area contributed by atoms with Gasteiger partial charge in [0.1, 0.15) is 7.05 Å². The standard InChI is InChI=1S/C10H14NO4/c1-11-5-4-8(6-12)9(10(11)14-3)15-7-13-2/h4-6H,7H2,1-3H3/q+1. The molecule has 1 heterocycles. The summed E-state index contributed by atoms with van der Waals surface area (Å²) in [6, 6.07) is 1.65. The Kier molecular flexibility index (Phi) is 4.05. The molecule has 1 aromatic rings. The first-order chi connectivity index (χ1) is 7.24. The average Bonchev–Trinajstić information content (AvgIpc) is 2.26. The molecule has 15 heavy (non-hydrogen) atoms. The lowest BCUT2D eigenvalue weighted by Gasteiger charge is -2.08. The normalized spacial score (nSPS) is 9.80. The van der Waals surface area contributed by atoms with E-state index in [2.05, 4.69) is 0 Å². The van der Waals surface area contributed by atoms with Crippen LogP contribution >= 0.6 is 0 Å². The molecule has 0 spiro atoms. The summed E-state index contributed by atoms with van der Waals surface area (Å²) in [5.41, 5.74) is 0.432. The number of methoxy groups -OCH3 is 2.